The zero-order valence-corrected chi connectivity index (χ0v) is 14.1. The van der Waals surface area contributed by atoms with Gasteiger partial charge in [-0.3, -0.25) is 0 Å². The van der Waals surface area contributed by atoms with E-state index < -0.39 is 15.6 Å². The molecular formula is C18H17F3O3S. The molecule has 0 atom stereocenters. The Morgan fingerprint density at radius 2 is 1.44 bits per heavy atom. The molecule has 25 heavy (non-hydrogen) atoms. The third-order valence-corrected chi connectivity index (χ3v) is 4.41. The van der Waals surface area contributed by atoms with E-state index in [0.29, 0.717) is 6.42 Å². The highest BCUT2D eigenvalue weighted by atomic mass is 32.2. The van der Waals surface area contributed by atoms with Gasteiger partial charge < -0.3 is 4.18 Å². The fourth-order valence-electron chi connectivity index (χ4n) is 2.12. The number of hydrogen-bond donors (Lipinski definition) is 0. The number of rotatable bonds is 7. The maximum absolute atomic E-state index is 12.6. The lowest BCUT2D eigenvalue weighted by Crippen LogP contribution is -2.25. The molecule has 0 aromatic heterocycles. The van der Waals surface area contributed by atoms with Crippen molar-refractivity contribution < 1.29 is 25.8 Å². The summed E-state index contributed by atoms with van der Waals surface area (Å²) in [5.74, 6) is -0.218. The molecule has 3 nitrogen and oxygen atoms in total. The van der Waals surface area contributed by atoms with Crippen molar-refractivity contribution in [2.24, 2.45) is 0 Å². The minimum absolute atomic E-state index is 0.0478. The third kappa shape index (κ3) is 5.94. The zero-order chi connectivity index (χ0) is 18.3. The largest absolute Gasteiger partial charge is 0.534 e. The molecule has 0 aliphatic carbocycles. The molecule has 0 radical (unpaired) electrons. The number of alkyl halides is 3. The number of benzene rings is 2. The summed E-state index contributed by atoms with van der Waals surface area (Å²) in [6.45, 7) is 0. The summed E-state index contributed by atoms with van der Waals surface area (Å²) in [6.07, 6.45) is 2.07. The Morgan fingerprint density at radius 1 is 0.920 bits per heavy atom. The van der Waals surface area contributed by atoms with Crippen LogP contribution in [-0.4, -0.2) is 13.9 Å². The second-order valence-electron chi connectivity index (χ2n) is 5.33. The molecule has 0 heterocycles. The first kappa shape index (κ1) is 19.1. The average Bonchev–Trinajstić information content (AvgIpc) is 2.58. The van der Waals surface area contributed by atoms with Gasteiger partial charge in [0.05, 0.1) is 0 Å². The summed E-state index contributed by atoms with van der Waals surface area (Å²) in [4.78, 5) is 0. The van der Waals surface area contributed by atoms with E-state index in [4.69, 9.17) is 0 Å². The van der Waals surface area contributed by atoms with Gasteiger partial charge in [0.25, 0.3) is 0 Å². The molecule has 0 N–H and O–H groups in total. The lowest BCUT2D eigenvalue weighted by Gasteiger charge is -2.13. The Labute approximate surface area is 144 Å². The summed E-state index contributed by atoms with van der Waals surface area (Å²) in [7, 11) is -5.67. The minimum atomic E-state index is -5.67. The first-order valence-electron chi connectivity index (χ1n) is 7.55. The Hall–Kier alpha value is -2.28. The molecule has 0 unspecified atom stereocenters. The Kier molecular flexibility index (Phi) is 6.25. The fraction of sp³-hybridized carbons (Fsp3) is 0.222. The predicted octanol–water partition coefficient (Wildman–Crippen LogP) is 4.61. The van der Waals surface area contributed by atoms with Crippen molar-refractivity contribution >= 4 is 10.1 Å². The highest BCUT2D eigenvalue weighted by Crippen LogP contribution is 2.28. The fourth-order valence-corrected chi connectivity index (χ4v) is 2.65. The molecule has 2 aromatic rings. The molecular weight excluding hydrogens is 353 g/mol. The van der Waals surface area contributed by atoms with Gasteiger partial charge in [0.2, 0.25) is 0 Å². The van der Waals surface area contributed by atoms with Crippen LogP contribution in [0, 0.1) is 0 Å². The normalized spacial score (nSPS) is 12.8. The topological polar surface area (TPSA) is 43.4 Å². The van der Waals surface area contributed by atoms with E-state index in [1.54, 1.807) is 36.4 Å². The average molecular weight is 370 g/mol. The summed E-state index contributed by atoms with van der Waals surface area (Å²) < 4.78 is 64.7. The standard InChI is InChI=1S/C18H17F3O3S/c19-18(20,21)25(22,23)24-17(13-11-15-7-3-1-4-8-15)14-12-16-9-5-2-6-10-16/h1-10,13H,11-12,14H2/b17-13+. The molecule has 2 rings (SSSR count). The lowest BCUT2D eigenvalue weighted by atomic mass is 10.1. The van der Waals surface area contributed by atoms with Gasteiger partial charge >= 0.3 is 15.6 Å². The third-order valence-electron chi connectivity index (χ3n) is 3.41. The zero-order valence-electron chi connectivity index (χ0n) is 13.2. The first-order chi connectivity index (χ1) is 11.8. The van der Waals surface area contributed by atoms with Crippen molar-refractivity contribution in [2.75, 3.05) is 0 Å². The number of aryl methyl sites for hydroxylation is 1. The van der Waals surface area contributed by atoms with Gasteiger partial charge in [0.1, 0.15) is 5.76 Å². The van der Waals surface area contributed by atoms with E-state index in [1.807, 2.05) is 24.3 Å². The van der Waals surface area contributed by atoms with Crippen molar-refractivity contribution in [3.8, 4) is 0 Å². The van der Waals surface area contributed by atoms with Crippen molar-refractivity contribution in [1.29, 1.82) is 0 Å². The van der Waals surface area contributed by atoms with E-state index in [9.17, 15) is 21.6 Å². The molecule has 134 valence electrons. The van der Waals surface area contributed by atoms with Gasteiger partial charge in [-0.1, -0.05) is 60.7 Å². The van der Waals surface area contributed by atoms with Gasteiger partial charge in [0, 0.05) is 6.42 Å². The molecule has 0 saturated heterocycles. The number of allylic oxidation sites excluding steroid dienone is 2. The van der Waals surface area contributed by atoms with Crippen LogP contribution in [0.25, 0.3) is 0 Å². The summed E-state index contributed by atoms with van der Waals surface area (Å²) in [5.41, 5.74) is -3.74. The van der Waals surface area contributed by atoms with Gasteiger partial charge in [-0.2, -0.15) is 21.6 Å². The van der Waals surface area contributed by atoms with Crippen LogP contribution in [0.15, 0.2) is 72.5 Å². The SMILES string of the molecule is O=S(=O)(O/C(=C/Cc1ccccc1)CCc1ccccc1)C(F)(F)F. The Morgan fingerprint density at radius 3 is 1.96 bits per heavy atom. The highest BCUT2D eigenvalue weighted by molar-refractivity contribution is 7.87. The maximum Gasteiger partial charge on any atom is 0.534 e. The van der Waals surface area contributed by atoms with E-state index in [2.05, 4.69) is 4.18 Å². The van der Waals surface area contributed by atoms with Crippen molar-refractivity contribution in [3.63, 3.8) is 0 Å². The number of halogens is 3. The quantitative estimate of drug-likeness (QED) is 0.406. The molecule has 0 amide bonds. The first-order valence-corrected chi connectivity index (χ1v) is 8.96. The molecule has 2 aromatic carbocycles. The van der Waals surface area contributed by atoms with Crippen LogP contribution in [0.1, 0.15) is 17.5 Å². The second-order valence-corrected chi connectivity index (χ2v) is 6.87. The van der Waals surface area contributed by atoms with Crippen LogP contribution >= 0.6 is 0 Å². The molecule has 7 heteroatoms. The lowest BCUT2D eigenvalue weighted by molar-refractivity contribution is -0.0523. The molecule has 0 aliphatic heterocycles. The van der Waals surface area contributed by atoms with E-state index >= 15 is 0 Å². The maximum atomic E-state index is 12.6. The molecule has 0 bridgehead atoms. The highest BCUT2D eigenvalue weighted by Gasteiger charge is 2.48. The second kappa shape index (κ2) is 8.20. The van der Waals surface area contributed by atoms with E-state index in [-0.39, 0.29) is 18.6 Å². The van der Waals surface area contributed by atoms with E-state index in [0.717, 1.165) is 11.1 Å². The summed E-state index contributed by atoms with van der Waals surface area (Å²) >= 11 is 0. The summed E-state index contributed by atoms with van der Waals surface area (Å²) in [5, 5.41) is 0. The monoisotopic (exact) mass is 370 g/mol. The summed E-state index contributed by atoms with van der Waals surface area (Å²) in [6, 6.07) is 18.0. The van der Waals surface area contributed by atoms with Crippen LogP contribution in [0.5, 0.6) is 0 Å². The number of hydrogen-bond acceptors (Lipinski definition) is 3. The van der Waals surface area contributed by atoms with Gasteiger partial charge in [-0.15, -0.1) is 0 Å². The predicted molar refractivity (Wildman–Crippen MR) is 89.1 cm³/mol. The molecule has 0 spiro atoms. The van der Waals surface area contributed by atoms with Crippen LogP contribution < -0.4 is 0 Å². The minimum Gasteiger partial charge on any atom is -0.381 e. The van der Waals surface area contributed by atoms with Crippen LogP contribution in [0.3, 0.4) is 0 Å². The van der Waals surface area contributed by atoms with E-state index in [1.165, 1.54) is 6.08 Å². The van der Waals surface area contributed by atoms with Gasteiger partial charge in [-0.05, 0) is 30.0 Å². The van der Waals surface area contributed by atoms with Crippen molar-refractivity contribution in [2.45, 2.75) is 24.8 Å². The van der Waals surface area contributed by atoms with Crippen LogP contribution in [0.4, 0.5) is 13.2 Å². The van der Waals surface area contributed by atoms with Gasteiger partial charge in [-0.25, -0.2) is 0 Å². The van der Waals surface area contributed by atoms with Crippen LogP contribution in [-0.2, 0) is 27.1 Å². The molecule has 0 aliphatic rings. The molecule has 0 fully saturated rings. The molecule has 0 saturated carbocycles. The van der Waals surface area contributed by atoms with Crippen molar-refractivity contribution in [1.82, 2.24) is 0 Å². The smallest absolute Gasteiger partial charge is 0.381 e. The Bertz CT molecular complexity index is 798. The van der Waals surface area contributed by atoms with Crippen molar-refractivity contribution in [3.05, 3.63) is 83.6 Å². The Balaban J connectivity index is 2.15. The van der Waals surface area contributed by atoms with Gasteiger partial charge in [0.15, 0.2) is 0 Å². The van der Waals surface area contributed by atoms with Crippen LogP contribution in [0.2, 0.25) is 0 Å².